The van der Waals surface area contributed by atoms with Crippen LogP contribution in [0.5, 0.6) is 0 Å². The van der Waals surface area contributed by atoms with Crippen LogP contribution in [0, 0.1) is 5.92 Å². The smallest absolute Gasteiger partial charge is 0.220 e. The molecule has 0 aliphatic carbocycles. The highest BCUT2D eigenvalue weighted by Crippen LogP contribution is 2.15. The van der Waals surface area contributed by atoms with Crippen LogP contribution in [0.2, 0.25) is 0 Å². The fourth-order valence-corrected chi connectivity index (χ4v) is 2.31. The minimum absolute atomic E-state index is 0.0167. The van der Waals surface area contributed by atoms with Crippen molar-refractivity contribution in [1.82, 2.24) is 15.1 Å². The molecule has 19 heavy (non-hydrogen) atoms. The molecule has 0 spiro atoms. The maximum atomic E-state index is 11.8. The number of likely N-dealkylation sites (N-methyl/N-ethyl adjacent to an activating group) is 1. The number of amides is 1. The number of hydrogen-bond acceptors (Lipinski definition) is 4. The summed E-state index contributed by atoms with van der Waals surface area (Å²) in [6, 6.07) is 0. The molecule has 1 atom stereocenters. The Kier molecular flexibility index (Phi) is 6.23. The van der Waals surface area contributed by atoms with Gasteiger partial charge in [-0.3, -0.25) is 9.69 Å². The van der Waals surface area contributed by atoms with Gasteiger partial charge in [0.1, 0.15) is 0 Å². The molecule has 3 N–H and O–H groups in total. The van der Waals surface area contributed by atoms with E-state index in [-0.39, 0.29) is 17.4 Å². The average Bonchev–Trinajstić information content (AvgIpc) is 2.37. The summed E-state index contributed by atoms with van der Waals surface area (Å²) in [4.78, 5) is 16.6. The van der Waals surface area contributed by atoms with E-state index in [2.05, 4.69) is 36.0 Å². The van der Waals surface area contributed by atoms with E-state index in [0.717, 1.165) is 26.2 Å². The predicted octanol–water partition coefficient (Wildman–Crippen LogP) is 0.114. The van der Waals surface area contributed by atoms with Gasteiger partial charge in [0.2, 0.25) is 5.91 Å². The minimum Gasteiger partial charge on any atom is -0.354 e. The molecule has 5 nitrogen and oxygen atoms in total. The van der Waals surface area contributed by atoms with Crippen molar-refractivity contribution < 1.29 is 4.79 Å². The molecule has 5 heteroatoms. The van der Waals surface area contributed by atoms with Gasteiger partial charge in [0, 0.05) is 44.7 Å². The number of carbonyl (C=O) groups excluding carboxylic acids is 1. The normalized spacial score (nSPS) is 20.3. The van der Waals surface area contributed by atoms with Crippen LogP contribution in [0.25, 0.3) is 0 Å². The molecule has 1 aliphatic rings. The zero-order chi connectivity index (χ0) is 14.5. The summed E-state index contributed by atoms with van der Waals surface area (Å²) < 4.78 is 0. The third-order valence-corrected chi connectivity index (χ3v) is 4.01. The fraction of sp³-hybridized carbons (Fsp3) is 0.929. The fourth-order valence-electron chi connectivity index (χ4n) is 2.31. The van der Waals surface area contributed by atoms with E-state index in [1.165, 1.54) is 0 Å². The molecule has 1 unspecified atom stereocenters. The zero-order valence-corrected chi connectivity index (χ0v) is 12.9. The van der Waals surface area contributed by atoms with Crippen molar-refractivity contribution in [3.8, 4) is 0 Å². The Morgan fingerprint density at radius 1 is 1.32 bits per heavy atom. The summed E-state index contributed by atoms with van der Waals surface area (Å²) in [5.41, 5.74) is 5.56. The third-order valence-electron chi connectivity index (χ3n) is 4.01. The van der Waals surface area contributed by atoms with E-state index in [0.29, 0.717) is 19.5 Å². The summed E-state index contributed by atoms with van der Waals surface area (Å²) in [5.74, 6) is 0.368. The number of rotatable bonds is 6. The molecular formula is C14H30N4O. The second kappa shape index (κ2) is 7.22. The lowest BCUT2D eigenvalue weighted by Crippen LogP contribution is -2.57. The summed E-state index contributed by atoms with van der Waals surface area (Å²) >= 11 is 0. The number of nitrogens with one attached hydrogen (secondary N) is 1. The maximum Gasteiger partial charge on any atom is 0.220 e. The third kappa shape index (κ3) is 5.47. The molecule has 0 bridgehead atoms. The van der Waals surface area contributed by atoms with Gasteiger partial charge in [-0.2, -0.15) is 0 Å². The highest BCUT2D eigenvalue weighted by atomic mass is 16.1. The highest BCUT2D eigenvalue weighted by molar-refractivity contribution is 5.76. The van der Waals surface area contributed by atoms with E-state index in [1.54, 1.807) is 0 Å². The number of hydrogen-bond donors (Lipinski definition) is 2. The Bertz CT molecular complexity index is 285. The molecule has 0 aromatic carbocycles. The van der Waals surface area contributed by atoms with E-state index >= 15 is 0 Å². The van der Waals surface area contributed by atoms with E-state index in [1.807, 2.05) is 6.92 Å². The van der Waals surface area contributed by atoms with Crippen molar-refractivity contribution in [2.45, 2.75) is 32.7 Å². The molecule has 0 radical (unpaired) electrons. The Morgan fingerprint density at radius 2 is 1.89 bits per heavy atom. The van der Waals surface area contributed by atoms with Crippen LogP contribution in [0.15, 0.2) is 0 Å². The first kappa shape index (κ1) is 16.4. The topological polar surface area (TPSA) is 61.6 Å². The number of carbonyl (C=O) groups is 1. The second-order valence-electron chi connectivity index (χ2n) is 6.42. The predicted molar refractivity (Wildman–Crippen MR) is 79.0 cm³/mol. The van der Waals surface area contributed by atoms with E-state index in [9.17, 15) is 4.79 Å². The number of piperazine rings is 1. The van der Waals surface area contributed by atoms with Gasteiger partial charge < -0.3 is 16.0 Å². The lowest BCUT2D eigenvalue weighted by Gasteiger charge is -2.43. The van der Waals surface area contributed by atoms with Gasteiger partial charge >= 0.3 is 0 Å². The molecule has 1 fully saturated rings. The Balaban J connectivity index is 2.35. The lowest BCUT2D eigenvalue weighted by molar-refractivity contribution is -0.122. The van der Waals surface area contributed by atoms with Crippen molar-refractivity contribution in [2.75, 3.05) is 46.3 Å². The summed E-state index contributed by atoms with van der Waals surface area (Å²) in [5, 5.41) is 3.05. The Morgan fingerprint density at radius 3 is 2.42 bits per heavy atom. The Labute approximate surface area is 117 Å². The lowest BCUT2D eigenvalue weighted by atomic mass is 10.0. The summed E-state index contributed by atoms with van der Waals surface area (Å²) in [6.07, 6.45) is 0.523. The molecule has 1 amide bonds. The average molecular weight is 270 g/mol. The van der Waals surface area contributed by atoms with Gasteiger partial charge in [-0.1, -0.05) is 6.92 Å². The van der Waals surface area contributed by atoms with Gasteiger partial charge in [-0.15, -0.1) is 0 Å². The molecule has 0 saturated carbocycles. The Hall–Kier alpha value is -0.650. The van der Waals surface area contributed by atoms with Gasteiger partial charge in [0.05, 0.1) is 0 Å². The number of nitrogens with two attached hydrogens (primary N) is 1. The first-order valence-electron chi connectivity index (χ1n) is 7.25. The van der Waals surface area contributed by atoms with Crippen LogP contribution >= 0.6 is 0 Å². The minimum atomic E-state index is 0.0167. The monoisotopic (exact) mass is 270 g/mol. The number of nitrogens with zero attached hydrogens (tertiary/aromatic N) is 2. The molecule has 1 aliphatic heterocycles. The van der Waals surface area contributed by atoms with E-state index in [4.69, 9.17) is 5.73 Å². The zero-order valence-electron chi connectivity index (χ0n) is 12.9. The summed E-state index contributed by atoms with van der Waals surface area (Å²) in [7, 11) is 2.15. The van der Waals surface area contributed by atoms with Crippen LogP contribution in [0.3, 0.4) is 0 Å². The molecule has 0 aromatic rings. The van der Waals surface area contributed by atoms with Crippen molar-refractivity contribution in [3.05, 3.63) is 0 Å². The van der Waals surface area contributed by atoms with Crippen LogP contribution in [-0.4, -0.2) is 67.6 Å². The van der Waals surface area contributed by atoms with Crippen molar-refractivity contribution in [2.24, 2.45) is 11.7 Å². The SMILES string of the molecule is CC(CN)CC(=O)NCC(C)(C)N1CCN(C)CC1. The van der Waals surface area contributed by atoms with Gasteiger partial charge in [-0.05, 0) is 33.4 Å². The van der Waals surface area contributed by atoms with Gasteiger partial charge in [0.15, 0.2) is 0 Å². The van der Waals surface area contributed by atoms with Gasteiger partial charge in [-0.25, -0.2) is 0 Å². The second-order valence-corrected chi connectivity index (χ2v) is 6.42. The van der Waals surface area contributed by atoms with Crippen LogP contribution in [0.4, 0.5) is 0 Å². The van der Waals surface area contributed by atoms with Crippen molar-refractivity contribution >= 4 is 5.91 Å². The summed E-state index contributed by atoms with van der Waals surface area (Å²) in [6.45, 7) is 12.0. The molecule has 1 saturated heterocycles. The molecular weight excluding hydrogens is 240 g/mol. The largest absolute Gasteiger partial charge is 0.354 e. The first-order valence-corrected chi connectivity index (χ1v) is 7.25. The van der Waals surface area contributed by atoms with Crippen molar-refractivity contribution in [1.29, 1.82) is 0 Å². The van der Waals surface area contributed by atoms with Crippen LogP contribution in [-0.2, 0) is 4.79 Å². The molecule has 1 heterocycles. The van der Waals surface area contributed by atoms with Crippen LogP contribution < -0.4 is 11.1 Å². The van der Waals surface area contributed by atoms with E-state index < -0.39 is 0 Å². The van der Waals surface area contributed by atoms with Crippen molar-refractivity contribution in [3.63, 3.8) is 0 Å². The van der Waals surface area contributed by atoms with Crippen LogP contribution in [0.1, 0.15) is 27.2 Å². The quantitative estimate of drug-likeness (QED) is 0.719. The standard InChI is InChI=1S/C14H30N4O/c1-12(10-15)9-13(19)16-11-14(2,3)18-7-5-17(4)6-8-18/h12H,5-11,15H2,1-4H3,(H,16,19). The molecule has 0 aromatic heterocycles. The molecule has 1 rings (SSSR count). The first-order chi connectivity index (χ1) is 8.85. The van der Waals surface area contributed by atoms with Gasteiger partial charge in [0.25, 0.3) is 0 Å². The highest BCUT2D eigenvalue weighted by Gasteiger charge is 2.29. The molecule has 112 valence electrons. The maximum absolute atomic E-state index is 11.8.